The lowest BCUT2D eigenvalue weighted by atomic mass is 9.93. The van der Waals surface area contributed by atoms with E-state index in [1.54, 1.807) is 12.3 Å². The van der Waals surface area contributed by atoms with Gasteiger partial charge in [-0.15, -0.1) is 11.3 Å². The first-order valence-electron chi connectivity index (χ1n) is 7.88. The fourth-order valence-corrected chi connectivity index (χ4v) is 4.20. The molecule has 1 amide bonds. The number of benzene rings is 2. The Morgan fingerprint density at radius 1 is 1.40 bits per heavy atom. The normalized spacial score (nSPS) is 11.9. The number of carbonyl (C=O) groups excluding carboxylic acids is 1. The molecule has 1 heterocycles. The lowest BCUT2D eigenvalue weighted by molar-refractivity contribution is 0.0999. The number of hydrogen-bond acceptors (Lipinski definition) is 3. The summed E-state index contributed by atoms with van der Waals surface area (Å²) in [7, 11) is 0. The third kappa shape index (κ3) is 2.57. The van der Waals surface area contributed by atoms with Gasteiger partial charge in [0.25, 0.3) is 0 Å². The number of nitrogens with two attached hydrogens (primary N) is 1. The van der Waals surface area contributed by atoms with Crippen molar-refractivity contribution < 1.29 is 9.18 Å². The van der Waals surface area contributed by atoms with Crippen molar-refractivity contribution in [1.29, 1.82) is 0 Å². The van der Waals surface area contributed by atoms with Crippen molar-refractivity contribution >= 4 is 23.3 Å². The van der Waals surface area contributed by atoms with Gasteiger partial charge in [-0.1, -0.05) is 30.8 Å². The van der Waals surface area contributed by atoms with Crippen molar-refractivity contribution in [3.63, 3.8) is 0 Å². The van der Waals surface area contributed by atoms with E-state index in [4.69, 9.17) is 5.73 Å². The van der Waals surface area contributed by atoms with Gasteiger partial charge in [0, 0.05) is 28.6 Å². The minimum atomic E-state index is -0.596. The molecule has 124 valence electrons. The van der Waals surface area contributed by atoms with Crippen molar-refractivity contribution in [1.82, 2.24) is 4.98 Å². The number of primary amides is 1. The number of halogens is 1. The standard InChI is InChI=1S/C20H15FN2OS/c1-2-18-23-10-12(25-18)8-16-17(21)9-15(20(22)24)14-7-11-5-3-4-6-13(11)19(14)16/h2-6,9-10H,1,7-8H2,(H2,22,24). The Labute approximate surface area is 148 Å². The fourth-order valence-electron chi connectivity index (χ4n) is 3.42. The molecular formula is C20H15FN2OS. The first kappa shape index (κ1) is 15.7. The van der Waals surface area contributed by atoms with E-state index in [-0.39, 0.29) is 5.56 Å². The number of nitrogens with zero attached hydrogens (tertiary/aromatic N) is 1. The topological polar surface area (TPSA) is 56.0 Å². The van der Waals surface area contributed by atoms with Gasteiger partial charge in [-0.25, -0.2) is 9.37 Å². The molecule has 0 unspecified atom stereocenters. The maximum atomic E-state index is 14.9. The van der Waals surface area contributed by atoms with Gasteiger partial charge in [0.05, 0.1) is 0 Å². The molecule has 1 aromatic heterocycles. The molecule has 0 spiro atoms. The predicted molar refractivity (Wildman–Crippen MR) is 98.2 cm³/mol. The Kier molecular flexibility index (Phi) is 3.73. The van der Waals surface area contributed by atoms with Crippen LogP contribution >= 0.6 is 11.3 Å². The molecule has 0 bridgehead atoms. The highest BCUT2D eigenvalue weighted by Crippen LogP contribution is 2.42. The second kappa shape index (κ2) is 5.93. The van der Waals surface area contributed by atoms with E-state index >= 15 is 0 Å². The van der Waals surface area contributed by atoms with Gasteiger partial charge in [-0.2, -0.15) is 0 Å². The predicted octanol–water partition coefficient (Wildman–Crippen LogP) is 4.19. The van der Waals surface area contributed by atoms with E-state index in [1.165, 1.54) is 17.4 Å². The minimum Gasteiger partial charge on any atom is -0.366 e. The molecule has 4 rings (SSSR count). The first-order chi connectivity index (χ1) is 12.1. The summed E-state index contributed by atoms with van der Waals surface area (Å²) in [6.07, 6.45) is 4.45. The summed E-state index contributed by atoms with van der Waals surface area (Å²) in [6, 6.07) is 9.12. The maximum Gasteiger partial charge on any atom is 0.249 e. The van der Waals surface area contributed by atoms with Crippen LogP contribution in [0.25, 0.3) is 17.2 Å². The highest BCUT2D eigenvalue weighted by atomic mass is 32.1. The summed E-state index contributed by atoms with van der Waals surface area (Å²) < 4.78 is 14.9. The van der Waals surface area contributed by atoms with E-state index in [9.17, 15) is 9.18 Å². The molecule has 0 radical (unpaired) electrons. The van der Waals surface area contributed by atoms with E-state index in [0.29, 0.717) is 18.4 Å². The highest BCUT2D eigenvalue weighted by Gasteiger charge is 2.28. The number of hydrogen-bond donors (Lipinski definition) is 1. The zero-order valence-corrected chi connectivity index (χ0v) is 14.2. The Morgan fingerprint density at radius 2 is 2.20 bits per heavy atom. The van der Waals surface area contributed by atoms with Crippen molar-refractivity contribution in [3.8, 4) is 11.1 Å². The van der Waals surface area contributed by atoms with Gasteiger partial charge in [0.15, 0.2) is 0 Å². The molecule has 3 nitrogen and oxygen atoms in total. The molecule has 0 atom stereocenters. The van der Waals surface area contributed by atoms with Crippen LogP contribution in [-0.2, 0) is 12.8 Å². The number of aromatic nitrogens is 1. The van der Waals surface area contributed by atoms with Gasteiger partial charge < -0.3 is 5.73 Å². The summed E-state index contributed by atoms with van der Waals surface area (Å²) in [6.45, 7) is 3.71. The van der Waals surface area contributed by atoms with Crippen LogP contribution in [0.5, 0.6) is 0 Å². The average molecular weight is 350 g/mol. The molecule has 1 aliphatic rings. The Balaban J connectivity index is 1.92. The molecular weight excluding hydrogens is 335 g/mol. The van der Waals surface area contributed by atoms with Gasteiger partial charge >= 0.3 is 0 Å². The molecule has 0 fully saturated rings. The molecule has 5 heteroatoms. The molecule has 0 saturated heterocycles. The van der Waals surface area contributed by atoms with Crippen LogP contribution in [0.1, 0.15) is 36.9 Å². The number of carbonyl (C=O) groups is 1. The Morgan fingerprint density at radius 3 is 2.92 bits per heavy atom. The first-order valence-corrected chi connectivity index (χ1v) is 8.69. The fraction of sp³-hybridized carbons (Fsp3) is 0.100. The Bertz CT molecular complexity index is 1020. The van der Waals surface area contributed by atoms with Crippen LogP contribution in [0, 0.1) is 5.82 Å². The lowest BCUT2D eigenvalue weighted by Crippen LogP contribution is -2.15. The molecule has 0 aliphatic heterocycles. The van der Waals surface area contributed by atoms with Crippen molar-refractivity contribution in [2.75, 3.05) is 0 Å². The molecule has 2 aromatic carbocycles. The second-order valence-corrected chi connectivity index (χ2v) is 7.13. The van der Waals surface area contributed by atoms with E-state index in [1.807, 2.05) is 24.3 Å². The zero-order valence-electron chi connectivity index (χ0n) is 13.4. The monoisotopic (exact) mass is 350 g/mol. The van der Waals surface area contributed by atoms with Crippen molar-refractivity contribution in [2.45, 2.75) is 12.8 Å². The van der Waals surface area contributed by atoms with Crippen LogP contribution in [0.15, 0.2) is 43.1 Å². The van der Waals surface area contributed by atoms with Gasteiger partial charge in [0.2, 0.25) is 5.91 Å². The summed E-state index contributed by atoms with van der Waals surface area (Å²) in [5, 5.41) is 0.807. The quantitative estimate of drug-likeness (QED) is 0.600. The summed E-state index contributed by atoms with van der Waals surface area (Å²) in [5.74, 6) is -1.00. The lowest BCUT2D eigenvalue weighted by Gasteiger charge is -2.13. The Hall–Kier alpha value is -2.79. The van der Waals surface area contributed by atoms with E-state index < -0.39 is 11.7 Å². The van der Waals surface area contributed by atoms with Gasteiger partial charge in [-0.3, -0.25) is 4.79 Å². The number of amides is 1. The third-order valence-electron chi connectivity index (χ3n) is 4.50. The van der Waals surface area contributed by atoms with Gasteiger partial charge in [-0.05, 0) is 40.8 Å². The summed E-state index contributed by atoms with van der Waals surface area (Å²) >= 11 is 1.49. The molecule has 1 aliphatic carbocycles. The highest BCUT2D eigenvalue weighted by molar-refractivity contribution is 7.12. The van der Waals surface area contributed by atoms with Gasteiger partial charge in [0.1, 0.15) is 10.8 Å². The largest absolute Gasteiger partial charge is 0.366 e. The SMILES string of the molecule is C=Cc1ncc(Cc2c(F)cc(C(N)=O)c3c2-c2ccccc2C3)s1. The van der Waals surface area contributed by atoms with Crippen LogP contribution in [0.4, 0.5) is 4.39 Å². The van der Waals surface area contributed by atoms with Crippen molar-refractivity contribution in [2.24, 2.45) is 5.73 Å². The smallest absolute Gasteiger partial charge is 0.249 e. The van der Waals surface area contributed by atoms with Crippen molar-refractivity contribution in [3.05, 3.63) is 81.1 Å². The van der Waals surface area contributed by atoms with E-state index in [2.05, 4.69) is 11.6 Å². The van der Waals surface area contributed by atoms with Crippen LogP contribution < -0.4 is 5.73 Å². The third-order valence-corrected chi connectivity index (χ3v) is 5.50. The second-order valence-electron chi connectivity index (χ2n) is 5.98. The number of thiazole rings is 1. The maximum absolute atomic E-state index is 14.9. The average Bonchev–Trinajstić information content (AvgIpc) is 3.21. The molecule has 25 heavy (non-hydrogen) atoms. The number of rotatable bonds is 4. The molecule has 0 saturated carbocycles. The van der Waals surface area contributed by atoms with Crippen LogP contribution in [0.3, 0.4) is 0 Å². The zero-order chi connectivity index (χ0) is 17.6. The molecule has 3 aromatic rings. The minimum absolute atomic E-state index is 0.267. The summed E-state index contributed by atoms with van der Waals surface area (Å²) in [4.78, 5) is 17.0. The number of fused-ring (bicyclic) bond motifs is 3. The molecule has 2 N–H and O–H groups in total. The van der Waals surface area contributed by atoms with Crippen LogP contribution in [-0.4, -0.2) is 10.9 Å². The summed E-state index contributed by atoms with van der Waals surface area (Å²) in [5.41, 5.74) is 10.0. The van der Waals surface area contributed by atoms with E-state index in [0.717, 1.165) is 32.1 Å². The van der Waals surface area contributed by atoms with Crippen LogP contribution in [0.2, 0.25) is 0 Å².